The molecular weight excluding hydrogens is 350 g/mol. The van der Waals surface area contributed by atoms with Crippen LogP contribution in [0.5, 0.6) is 11.5 Å². The van der Waals surface area contributed by atoms with Crippen LogP contribution >= 0.6 is 0 Å². The molecule has 0 fully saturated rings. The average molecular weight is 373 g/mol. The second-order valence-corrected chi connectivity index (χ2v) is 6.68. The van der Waals surface area contributed by atoms with E-state index in [2.05, 4.69) is 35.3 Å². The standard InChI is InChI=1S/C23H23N3O2/c1-27-21-9-6-10-22(28-2)19(21)15-26-14-18-12-11-17(13-20(18)25-23(26)24)16-7-4-3-5-8-16/h3-13H,14-15H2,1-2H3,(H2,24,25). The fraction of sp³-hybridized carbons (Fsp3) is 0.174. The van der Waals surface area contributed by atoms with Crippen molar-refractivity contribution in [1.29, 1.82) is 0 Å². The third kappa shape index (κ3) is 3.39. The normalized spacial score (nSPS) is 12.9. The van der Waals surface area contributed by atoms with Gasteiger partial charge in [-0.15, -0.1) is 0 Å². The van der Waals surface area contributed by atoms with Crippen molar-refractivity contribution in [3.05, 3.63) is 77.9 Å². The molecule has 0 unspecified atom stereocenters. The van der Waals surface area contributed by atoms with Crippen LogP contribution in [0.1, 0.15) is 11.1 Å². The van der Waals surface area contributed by atoms with Crippen molar-refractivity contribution < 1.29 is 9.47 Å². The SMILES string of the molecule is COc1cccc(OC)c1CN1Cc2ccc(-c3ccccc3)cc2N=C1N. The first-order valence-electron chi connectivity index (χ1n) is 9.17. The molecule has 5 heteroatoms. The molecule has 0 aromatic heterocycles. The van der Waals surface area contributed by atoms with E-state index in [0.717, 1.165) is 33.9 Å². The first-order valence-corrected chi connectivity index (χ1v) is 9.17. The molecule has 0 amide bonds. The molecule has 0 aliphatic carbocycles. The van der Waals surface area contributed by atoms with Crippen molar-refractivity contribution in [3.8, 4) is 22.6 Å². The molecule has 5 nitrogen and oxygen atoms in total. The van der Waals surface area contributed by atoms with Crippen molar-refractivity contribution in [1.82, 2.24) is 4.90 Å². The summed E-state index contributed by atoms with van der Waals surface area (Å²) in [7, 11) is 3.32. The maximum absolute atomic E-state index is 6.31. The van der Waals surface area contributed by atoms with Crippen LogP contribution < -0.4 is 15.2 Å². The molecule has 0 bridgehead atoms. The molecule has 1 aliphatic rings. The van der Waals surface area contributed by atoms with E-state index in [1.807, 2.05) is 41.3 Å². The van der Waals surface area contributed by atoms with Gasteiger partial charge < -0.3 is 20.1 Å². The third-order valence-corrected chi connectivity index (χ3v) is 4.99. The number of rotatable bonds is 5. The Kier molecular flexibility index (Phi) is 4.89. The molecule has 3 aromatic rings. The molecule has 0 atom stereocenters. The lowest BCUT2D eigenvalue weighted by atomic mass is 10.0. The zero-order valence-electron chi connectivity index (χ0n) is 16.1. The highest BCUT2D eigenvalue weighted by molar-refractivity contribution is 5.85. The van der Waals surface area contributed by atoms with Crippen LogP contribution in [0.25, 0.3) is 11.1 Å². The van der Waals surface area contributed by atoms with E-state index in [4.69, 9.17) is 15.2 Å². The van der Waals surface area contributed by atoms with Crippen molar-refractivity contribution in [2.24, 2.45) is 10.7 Å². The van der Waals surface area contributed by atoms with Gasteiger partial charge in [-0.05, 0) is 34.9 Å². The molecule has 28 heavy (non-hydrogen) atoms. The van der Waals surface area contributed by atoms with Gasteiger partial charge in [0.1, 0.15) is 11.5 Å². The number of aliphatic imine (C=N–C) groups is 1. The zero-order chi connectivity index (χ0) is 19.5. The number of guanidine groups is 1. The van der Waals surface area contributed by atoms with E-state index >= 15 is 0 Å². The van der Waals surface area contributed by atoms with E-state index in [1.165, 1.54) is 5.56 Å². The minimum absolute atomic E-state index is 0.491. The Labute approximate surface area is 165 Å². The summed E-state index contributed by atoms with van der Waals surface area (Å²) >= 11 is 0. The maximum atomic E-state index is 6.31. The molecular formula is C23H23N3O2. The molecule has 1 aliphatic heterocycles. The fourth-order valence-corrected chi connectivity index (χ4v) is 3.50. The number of benzene rings is 3. The Hall–Kier alpha value is -3.47. The van der Waals surface area contributed by atoms with Gasteiger partial charge in [-0.3, -0.25) is 0 Å². The first kappa shape index (κ1) is 17.9. The summed E-state index contributed by atoms with van der Waals surface area (Å²) in [6.45, 7) is 1.24. The first-order chi connectivity index (χ1) is 13.7. The molecule has 0 saturated carbocycles. The topological polar surface area (TPSA) is 60.1 Å². The number of nitrogens with two attached hydrogens (primary N) is 1. The van der Waals surface area contributed by atoms with Gasteiger partial charge in [0.15, 0.2) is 5.96 Å². The highest BCUT2D eigenvalue weighted by atomic mass is 16.5. The number of nitrogens with zero attached hydrogens (tertiary/aromatic N) is 2. The smallest absolute Gasteiger partial charge is 0.197 e. The van der Waals surface area contributed by atoms with Crippen LogP contribution in [0.15, 0.2) is 71.7 Å². The number of hydrogen-bond acceptors (Lipinski definition) is 5. The van der Waals surface area contributed by atoms with Gasteiger partial charge in [0.25, 0.3) is 0 Å². The predicted molar refractivity (Wildman–Crippen MR) is 112 cm³/mol. The minimum atomic E-state index is 0.491. The van der Waals surface area contributed by atoms with E-state index in [1.54, 1.807) is 14.2 Å². The number of methoxy groups -OCH3 is 2. The van der Waals surface area contributed by atoms with Crippen molar-refractivity contribution in [3.63, 3.8) is 0 Å². The highest BCUT2D eigenvalue weighted by Crippen LogP contribution is 2.34. The summed E-state index contributed by atoms with van der Waals surface area (Å²) in [5.41, 5.74) is 11.6. The lowest BCUT2D eigenvalue weighted by molar-refractivity contribution is 0.348. The Morgan fingerprint density at radius 3 is 2.29 bits per heavy atom. The van der Waals surface area contributed by atoms with Gasteiger partial charge >= 0.3 is 0 Å². The van der Waals surface area contributed by atoms with E-state index in [-0.39, 0.29) is 0 Å². The Bertz CT molecular complexity index is 993. The molecule has 2 N–H and O–H groups in total. The Morgan fingerprint density at radius 2 is 1.61 bits per heavy atom. The van der Waals surface area contributed by atoms with Crippen LogP contribution in [0.4, 0.5) is 5.69 Å². The summed E-state index contributed by atoms with van der Waals surface area (Å²) in [5.74, 6) is 2.04. The van der Waals surface area contributed by atoms with Crippen molar-refractivity contribution in [2.75, 3.05) is 14.2 Å². The monoisotopic (exact) mass is 373 g/mol. The predicted octanol–water partition coefficient (Wildman–Crippen LogP) is 4.33. The summed E-state index contributed by atoms with van der Waals surface area (Å²) in [5, 5.41) is 0. The minimum Gasteiger partial charge on any atom is -0.496 e. The van der Waals surface area contributed by atoms with Crippen LogP contribution in [-0.2, 0) is 13.1 Å². The van der Waals surface area contributed by atoms with Crippen molar-refractivity contribution in [2.45, 2.75) is 13.1 Å². The lowest BCUT2D eigenvalue weighted by Crippen LogP contribution is -2.38. The van der Waals surface area contributed by atoms with Crippen LogP contribution in [0.2, 0.25) is 0 Å². The molecule has 1 heterocycles. The molecule has 0 saturated heterocycles. The van der Waals surface area contributed by atoms with Gasteiger partial charge in [0, 0.05) is 6.54 Å². The fourth-order valence-electron chi connectivity index (χ4n) is 3.50. The van der Waals surface area contributed by atoms with Crippen LogP contribution in [0, 0.1) is 0 Å². The van der Waals surface area contributed by atoms with Gasteiger partial charge in [0.2, 0.25) is 0 Å². The second-order valence-electron chi connectivity index (χ2n) is 6.68. The molecule has 4 rings (SSSR count). The summed E-state index contributed by atoms with van der Waals surface area (Å²) in [4.78, 5) is 6.69. The summed E-state index contributed by atoms with van der Waals surface area (Å²) in [6.07, 6.45) is 0. The molecule has 0 radical (unpaired) electrons. The second kappa shape index (κ2) is 7.64. The quantitative estimate of drug-likeness (QED) is 0.723. The van der Waals surface area contributed by atoms with Gasteiger partial charge in [-0.1, -0.05) is 48.5 Å². The summed E-state index contributed by atoms with van der Waals surface area (Å²) < 4.78 is 11.0. The summed E-state index contributed by atoms with van der Waals surface area (Å²) in [6, 6.07) is 22.4. The highest BCUT2D eigenvalue weighted by Gasteiger charge is 2.21. The lowest BCUT2D eigenvalue weighted by Gasteiger charge is -2.29. The average Bonchev–Trinajstić information content (AvgIpc) is 2.74. The van der Waals surface area contributed by atoms with E-state index < -0.39 is 0 Å². The molecule has 3 aromatic carbocycles. The third-order valence-electron chi connectivity index (χ3n) is 4.99. The van der Waals surface area contributed by atoms with Crippen LogP contribution in [-0.4, -0.2) is 25.1 Å². The van der Waals surface area contributed by atoms with Gasteiger partial charge in [0.05, 0.1) is 32.0 Å². The Balaban J connectivity index is 1.63. The zero-order valence-corrected chi connectivity index (χ0v) is 16.1. The maximum Gasteiger partial charge on any atom is 0.197 e. The number of ether oxygens (including phenoxy) is 2. The largest absolute Gasteiger partial charge is 0.496 e. The molecule has 142 valence electrons. The van der Waals surface area contributed by atoms with Crippen molar-refractivity contribution >= 4 is 11.6 Å². The Morgan fingerprint density at radius 1 is 0.893 bits per heavy atom. The van der Waals surface area contributed by atoms with Crippen LogP contribution in [0.3, 0.4) is 0 Å². The number of hydrogen-bond donors (Lipinski definition) is 1. The van der Waals surface area contributed by atoms with Gasteiger partial charge in [-0.25, -0.2) is 4.99 Å². The van der Waals surface area contributed by atoms with E-state index in [0.29, 0.717) is 19.0 Å². The van der Waals surface area contributed by atoms with E-state index in [9.17, 15) is 0 Å². The molecule has 0 spiro atoms. The number of fused-ring (bicyclic) bond motifs is 1. The van der Waals surface area contributed by atoms with Gasteiger partial charge in [-0.2, -0.15) is 0 Å².